The Balaban J connectivity index is 2.11. The van der Waals surface area contributed by atoms with Crippen molar-refractivity contribution in [3.8, 4) is 6.07 Å². The number of hydrazine groups is 1. The second-order valence-electron chi connectivity index (χ2n) is 3.63. The van der Waals surface area contributed by atoms with Crippen LogP contribution in [0.25, 0.3) is 0 Å². The van der Waals surface area contributed by atoms with Gasteiger partial charge in [-0.15, -0.1) is 0 Å². The van der Waals surface area contributed by atoms with E-state index in [1.165, 1.54) is 0 Å². The number of nitrogens with zero attached hydrogens (tertiary/aromatic N) is 2. The Hall–Kier alpha value is -1.77. The van der Waals surface area contributed by atoms with Gasteiger partial charge in [0.25, 0.3) is 0 Å². The molecule has 1 aromatic carbocycles. The number of morpholine rings is 1. The number of anilines is 2. The standard InChI is InChI=1S/C11H14N4O/c12-8-9-7-10(13)1-2-11(9)14-15-3-5-16-6-4-15/h1-2,7,14H,3-6,13H2. The zero-order valence-electron chi connectivity index (χ0n) is 8.94. The van der Waals surface area contributed by atoms with E-state index in [4.69, 9.17) is 15.7 Å². The monoisotopic (exact) mass is 218 g/mol. The number of nitrogens with one attached hydrogen (secondary N) is 1. The molecule has 0 bridgehead atoms. The molecule has 0 radical (unpaired) electrons. The van der Waals surface area contributed by atoms with E-state index < -0.39 is 0 Å². The average Bonchev–Trinajstić information content (AvgIpc) is 2.33. The second-order valence-corrected chi connectivity index (χ2v) is 3.63. The van der Waals surface area contributed by atoms with Crippen LogP contribution < -0.4 is 11.2 Å². The number of nitrogens with two attached hydrogens (primary N) is 1. The topological polar surface area (TPSA) is 74.3 Å². The summed E-state index contributed by atoms with van der Waals surface area (Å²) in [4.78, 5) is 0. The van der Waals surface area contributed by atoms with Crippen LogP contribution in [-0.4, -0.2) is 31.3 Å². The number of ether oxygens (including phenoxy) is 1. The van der Waals surface area contributed by atoms with Crippen LogP contribution in [0.15, 0.2) is 18.2 Å². The van der Waals surface area contributed by atoms with Gasteiger partial charge in [-0.1, -0.05) is 0 Å². The van der Waals surface area contributed by atoms with Crippen molar-refractivity contribution in [3.05, 3.63) is 23.8 Å². The summed E-state index contributed by atoms with van der Waals surface area (Å²) in [5.74, 6) is 0. The number of rotatable bonds is 2. The molecule has 0 saturated carbocycles. The molecule has 16 heavy (non-hydrogen) atoms. The van der Waals surface area contributed by atoms with Gasteiger partial charge in [0.15, 0.2) is 0 Å². The summed E-state index contributed by atoms with van der Waals surface area (Å²) in [6, 6.07) is 7.40. The van der Waals surface area contributed by atoms with Crippen LogP contribution in [0, 0.1) is 11.3 Å². The van der Waals surface area contributed by atoms with Gasteiger partial charge in [0.1, 0.15) is 6.07 Å². The molecule has 0 aromatic heterocycles. The first-order chi connectivity index (χ1) is 7.79. The van der Waals surface area contributed by atoms with E-state index >= 15 is 0 Å². The largest absolute Gasteiger partial charge is 0.399 e. The minimum atomic E-state index is 0.562. The van der Waals surface area contributed by atoms with Gasteiger partial charge >= 0.3 is 0 Å². The maximum Gasteiger partial charge on any atom is 0.101 e. The third-order valence-corrected chi connectivity index (χ3v) is 2.45. The van der Waals surface area contributed by atoms with Gasteiger partial charge in [-0.05, 0) is 18.2 Å². The predicted octanol–water partition coefficient (Wildman–Crippen LogP) is 0.800. The zero-order valence-corrected chi connectivity index (χ0v) is 8.94. The lowest BCUT2D eigenvalue weighted by Gasteiger charge is -2.28. The summed E-state index contributed by atoms with van der Waals surface area (Å²) in [6.07, 6.45) is 0. The minimum absolute atomic E-state index is 0.562. The zero-order chi connectivity index (χ0) is 11.4. The molecule has 5 nitrogen and oxygen atoms in total. The fourth-order valence-corrected chi connectivity index (χ4v) is 1.60. The number of nitriles is 1. The van der Waals surface area contributed by atoms with E-state index in [1.54, 1.807) is 12.1 Å². The SMILES string of the molecule is N#Cc1cc(N)ccc1NN1CCOCC1. The highest BCUT2D eigenvalue weighted by molar-refractivity contribution is 5.62. The van der Waals surface area contributed by atoms with Crippen LogP contribution in [0.4, 0.5) is 11.4 Å². The molecule has 3 N–H and O–H groups in total. The molecule has 2 rings (SSSR count). The molecule has 0 amide bonds. The van der Waals surface area contributed by atoms with E-state index in [2.05, 4.69) is 11.5 Å². The molecule has 1 aliphatic heterocycles. The molecule has 84 valence electrons. The highest BCUT2D eigenvalue weighted by Crippen LogP contribution is 2.18. The Morgan fingerprint density at radius 2 is 2.12 bits per heavy atom. The maximum absolute atomic E-state index is 8.98. The summed E-state index contributed by atoms with van der Waals surface area (Å²) in [6.45, 7) is 3.05. The molecule has 0 aliphatic carbocycles. The molecule has 1 aromatic rings. The Kier molecular flexibility index (Phi) is 3.25. The van der Waals surface area contributed by atoms with Gasteiger partial charge < -0.3 is 15.9 Å². The van der Waals surface area contributed by atoms with Gasteiger partial charge in [-0.25, -0.2) is 5.01 Å². The Labute approximate surface area is 94.4 Å². The first-order valence-electron chi connectivity index (χ1n) is 5.18. The Morgan fingerprint density at radius 3 is 2.81 bits per heavy atom. The lowest BCUT2D eigenvalue weighted by Crippen LogP contribution is -2.40. The van der Waals surface area contributed by atoms with Gasteiger partial charge in [0.05, 0.1) is 24.5 Å². The molecule has 1 heterocycles. The summed E-state index contributed by atoms with van der Waals surface area (Å²) in [5, 5.41) is 11.0. The number of hydrogen-bond donors (Lipinski definition) is 2. The molecule has 5 heteroatoms. The van der Waals surface area contributed by atoms with Crippen LogP contribution in [0.5, 0.6) is 0 Å². The van der Waals surface area contributed by atoms with Crippen LogP contribution in [0.3, 0.4) is 0 Å². The average molecular weight is 218 g/mol. The summed E-state index contributed by atoms with van der Waals surface area (Å²) in [5.41, 5.74) is 10.8. The molecule has 1 fully saturated rings. The fourth-order valence-electron chi connectivity index (χ4n) is 1.60. The first kappa shape index (κ1) is 10.7. The van der Waals surface area contributed by atoms with Crippen molar-refractivity contribution in [3.63, 3.8) is 0 Å². The van der Waals surface area contributed by atoms with E-state index in [-0.39, 0.29) is 0 Å². The normalized spacial score (nSPS) is 16.7. The van der Waals surface area contributed by atoms with Crippen molar-refractivity contribution in [1.29, 1.82) is 5.26 Å². The molecule has 0 unspecified atom stereocenters. The number of benzene rings is 1. The lowest BCUT2D eigenvalue weighted by atomic mass is 10.2. The van der Waals surface area contributed by atoms with Gasteiger partial charge in [0.2, 0.25) is 0 Å². The van der Waals surface area contributed by atoms with E-state index in [9.17, 15) is 0 Å². The Morgan fingerprint density at radius 1 is 1.38 bits per heavy atom. The van der Waals surface area contributed by atoms with Crippen LogP contribution in [-0.2, 0) is 4.74 Å². The molecule has 0 atom stereocenters. The van der Waals surface area contributed by atoms with Crippen molar-refractivity contribution in [2.75, 3.05) is 37.5 Å². The molecule has 1 aliphatic rings. The van der Waals surface area contributed by atoms with Gasteiger partial charge in [-0.3, -0.25) is 0 Å². The number of nitrogen functional groups attached to an aromatic ring is 1. The quantitative estimate of drug-likeness (QED) is 0.718. The van der Waals surface area contributed by atoms with E-state index in [0.29, 0.717) is 24.5 Å². The summed E-state index contributed by atoms with van der Waals surface area (Å²) in [7, 11) is 0. The van der Waals surface area contributed by atoms with Gasteiger partial charge in [0, 0.05) is 18.8 Å². The molecular weight excluding hydrogens is 204 g/mol. The summed E-state index contributed by atoms with van der Waals surface area (Å²) < 4.78 is 5.25. The van der Waals surface area contributed by atoms with Crippen molar-refractivity contribution in [2.24, 2.45) is 0 Å². The Bertz CT molecular complexity index is 407. The first-order valence-corrected chi connectivity index (χ1v) is 5.18. The number of hydrogen-bond acceptors (Lipinski definition) is 5. The van der Waals surface area contributed by atoms with Crippen LogP contribution in [0.2, 0.25) is 0 Å². The third-order valence-electron chi connectivity index (χ3n) is 2.45. The second kappa shape index (κ2) is 4.84. The fraction of sp³-hybridized carbons (Fsp3) is 0.364. The van der Waals surface area contributed by atoms with Crippen molar-refractivity contribution < 1.29 is 4.74 Å². The van der Waals surface area contributed by atoms with Crippen molar-refractivity contribution >= 4 is 11.4 Å². The smallest absolute Gasteiger partial charge is 0.101 e. The molecular formula is C11H14N4O. The van der Waals surface area contributed by atoms with Gasteiger partial charge in [-0.2, -0.15) is 5.26 Å². The van der Waals surface area contributed by atoms with E-state index in [1.807, 2.05) is 11.1 Å². The lowest BCUT2D eigenvalue weighted by molar-refractivity contribution is 0.0497. The van der Waals surface area contributed by atoms with Crippen LogP contribution in [0.1, 0.15) is 5.56 Å². The third kappa shape index (κ3) is 2.42. The minimum Gasteiger partial charge on any atom is -0.399 e. The van der Waals surface area contributed by atoms with Crippen molar-refractivity contribution in [1.82, 2.24) is 5.01 Å². The predicted molar refractivity (Wildman–Crippen MR) is 61.6 cm³/mol. The van der Waals surface area contributed by atoms with Crippen LogP contribution >= 0.6 is 0 Å². The summed E-state index contributed by atoms with van der Waals surface area (Å²) >= 11 is 0. The molecule has 1 saturated heterocycles. The highest BCUT2D eigenvalue weighted by atomic mass is 16.5. The van der Waals surface area contributed by atoms with Crippen molar-refractivity contribution in [2.45, 2.75) is 0 Å². The maximum atomic E-state index is 8.98. The van der Waals surface area contributed by atoms with E-state index in [0.717, 1.165) is 18.8 Å². The molecule has 0 spiro atoms. The highest BCUT2D eigenvalue weighted by Gasteiger charge is 2.11.